The van der Waals surface area contributed by atoms with Crippen LogP contribution in [0.15, 0.2) is 57.9 Å². The Kier molecular flexibility index (Phi) is 5.98. The van der Waals surface area contributed by atoms with Gasteiger partial charge in [-0.05, 0) is 61.7 Å². The summed E-state index contributed by atoms with van der Waals surface area (Å²) in [6.45, 7) is 2.09. The molecular formula is C19H20BrFN2O3S. The summed E-state index contributed by atoms with van der Waals surface area (Å²) < 4.78 is 41.0. The highest BCUT2D eigenvalue weighted by atomic mass is 79.9. The lowest BCUT2D eigenvalue weighted by Gasteiger charge is -2.25. The standard InChI is InChI=1S/C19H20BrFN2O3S/c1-13(14-4-8-16(21)9-5-14)22-19(24)18-3-2-12-23(18)27(25,26)17-10-6-15(20)7-11-17/h4-11,13,18H,2-3,12H2,1H3,(H,22,24). The van der Waals surface area contributed by atoms with Gasteiger partial charge < -0.3 is 5.32 Å². The molecule has 1 aliphatic heterocycles. The van der Waals surface area contributed by atoms with E-state index in [1.165, 1.54) is 28.6 Å². The van der Waals surface area contributed by atoms with Crippen molar-refractivity contribution in [3.63, 3.8) is 0 Å². The predicted octanol–water partition coefficient (Wildman–Crippen LogP) is 3.62. The summed E-state index contributed by atoms with van der Waals surface area (Å²) in [6.07, 6.45) is 1.09. The molecule has 144 valence electrons. The van der Waals surface area contributed by atoms with Crippen molar-refractivity contribution in [2.24, 2.45) is 0 Å². The molecular weight excluding hydrogens is 435 g/mol. The molecule has 5 nitrogen and oxygen atoms in total. The number of rotatable bonds is 5. The van der Waals surface area contributed by atoms with E-state index in [2.05, 4.69) is 21.2 Å². The van der Waals surface area contributed by atoms with Crippen LogP contribution in [0.4, 0.5) is 4.39 Å². The first kappa shape index (κ1) is 20.0. The first-order valence-electron chi connectivity index (χ1n) is 8.62. The SMILES string of the molecule is CC(NC(=O)C1CCCN1S(=O)(=O)c1ccc(Br)cc1)c1ccc(F)cc1. The van der Waals surface area contributed by atoms with Gasteiger partial charge in [-0.3, -0.25) is 4.79 Å². The molecule has 1 saturated heterocycles. The zero-order valence-electron chi connectivity index (χ0n) is 14.7. The van der Waals surface area contributed by atoms with Crippen molar-refractivity contribution in [2.75, 3.05) is 6.54 Å². The van der Waals surface area contributed by atoms with Gasteiger partial charge in [-0.1, -0.05) is 28.1 Å². The smallest absolute Gasteiger partial charge is 0.243 e. The first-order chi connectivity index (χ1) is 12.8. The van der Waals surface area contributed by atoms with Crippen molar-refractivity contribution in [3.05, 3.63) is 64.4 Å². The molecule has 1 N–H and O–H groups in total. The summed E-state index contributed by atoms with van der Waals surface area (Å²) in [5, 5.41) is 2.85. The Morgan fingerprint density at radius 3 is 2.44 bits per heavy atom. The molecule has 2 atom stereocenters. The van der Waals surface area contributed by atoms with E-state index in [4.69, 9.17) is 0 Å². The predicted molar refractivity (Wildman–Crippen MR) is 104 cm³/mol. The molecule has 0 spiro atoms. The molecule has 1 aliphatic rings. The van der Waals surface area contributed by atoms with Crippen LogP contribution in [-0.2, 0) is 14.8 Å². The molecule has 0 bridgehead atoms. The zero-order chi connectivity index (χ0) is 19.6. The zero-order valence-corrected chi connectivity index (χ0v) is 17.1. The summed E-state index contributed by atoms with van der Waals surface area (Å²) in [5.74, 6) is -0.690. The minimum atomic E-state index is -3.75. The Labute approximate surface area is 166 Å². The van der Waals surface area contributed by atoms with Crippen LogP contribution in [0.2, 0.25) is 0 Å². The molecule has 27 heavy (non-hydrogen) atoms. The molecule has 1 fully saturated rings. The van der Waals surface area contributed by atoms with Crippen molar-refractivity contribution >= 4 is 31.9 Å². The number of carbonyl (C=O) groups excluding carboxylic acids is 1. The number of hydrogen-bond acceptors (Lipinski definition) is 3. The number of benzene rings is 2. The molecule has 8 heteroatoms. The molecule has 0 radical (unpaired) electrons. The topological polar surface area (TPSA) is 66.5 Å². The maximum absolute atomic E-state index is 13.1. The van der Waals surface area contributed by atoms with Crippen LogP contribution in [0.3, 0.4) is 0 Å². The summed E-state index contributed by atoms with van der Waals surface area (Å²) in [6, 6.07) is 11.1. The van der Waals surface area contributed by atoms with Crippen LogP contribution in [0, 0.1) is 5.82 Å². The molecule has 1 amide bonds. The minimum absolute atomic E-state index is 0.164. The summed E-state index contributed by atoms with van der Waals surface area (Å²) >= 11 is 3.29. The van der Waals surface area contributed by atoms with E-state index in [0.29, 0.717) is 19.4 Å². The van der Waals surface area contributed by atoms with E-state index in [-0.39, 0.29) is 22.7 Å². The van der Waals surface area contributed by atoms with Gasteiger partial charge in [0.05, 0.1) is 10.9 Å². The lowest BCUT2D eigenvalue weighted by Crippen LogP contribution is -2.46. The quantitative estimate of drug-likeness (QED) is 0.749. The van der Waals surface area contributed by atoms with Gasteiger partial charge in [0, 0.05) is 11.0 Å². The third kappa shape index (κ3) is 4.39. The van der Waals surface area contributed by atoms with Crippen molar-refractivity contribution in [2.45, 2.75) is 36.7 Å². The number of hydrogen-bond donors (Lipinski definition) is 1. The number of nitrogens with one attached hydrogen (secondary N) is 1. The summed E-state index contributed by atoms with van der Waals surface area (Å²) in [7, 11) is -3.75. The largest absolute Gasteiger partial charge is 0.348 e. The van der Waals surface area contributed by atoms with E-state index >= 15 is 0 Å². The summed E-state index contributed by atoms with van der Waals surface area (Å²) in [4.78, 5) is 12.9. The van der Waals surface area contributed by atoms with Crippen LogP contribution in [0.5, 0.6) is 0 Å². The van der Waals surface area contributed by atoms with Gasteiger partial charge in [0.2, 0.25) is 15.9 Å². The first-order valence-corrected chi connectivity index (χ1v) is 10.9. The Bertz CT molecular complexity index is 917. The minimum Gasteiger partial charge on any atom is -0.348 e. The maximum Gasteiger partial charge on any atom is 0.243 e. The van der Waals surface area contributed by atoms with Crippen LogP contribution in [0.25, 0.3) is 0 Å². The van der Waals surface area contributed by atoms with Crippen molar-refractivity contribution in [1.82, 2.24) is 9.62 Å². The van der Waals surface area contributed by atoms with Crippen LogP contribution < -0.4 is 5.32 Å². The van der Waals surface area contributed by atoms with Crippen molar-refractivity contribution in [1.29, 1.82) is 0 Å². The Morgan fingerprint density at radius 1 is 1.19 bits per heavy atom. The van der Waals surface area contributed by atoms with Crippen LogP contribution in [-0.4, -0.2) is 31.2 Å². The second-order valence-electron chi connectivity index (χ2n) is 6.51. The monoisotopic (exact) mass is 454 g/mol. The number of amides is 1. The van der Waals surface area contributed by atoms with E-state index in [9.17, 15) is 17.6 Å². The molecule has 0 saturated carbocycles. The number of carbonyl (C=O) groups is 1. The maximum atomic E-state index is 13.1. The van der Waals surface area contributed by atoms with E-state index in [0.717, 1.165) is 10.0 Å². The van der Waals surface area contributed by atoms with Crippen molar-refractivity contribution < 1.29 is 17.6 Å². The van der Waals surface area contributed by atoms with Gasteiger partial charge in [-0.2, -0.15) is 4.31 Å². The number of sulfonamides is 1. The molecule has 2 aromatic carbocycles. The fourth-order valence-corrected chi connectivity index (χ4v) is 5.10. The lowest BCUT2D eigenvalue weighted by molar-refractivity contribution is -0.124. The Hall–Kier alpha value is -1.77. The molecule has 0 aliphatic carbocycles. The van der Waals surface area contributed by atoms with E-state index < -0.39 is 16.1 Å². The van der Waals surface area contributed by atoms with Gasteiger partial charge in [-0.15, -0.1) is 0 Å². The second kappa shape index (κ2) is 8.08. The Morgan fingerprint density at radius 2 is 1.81 bits per heavy atom. The van der Waals surface area contributed by atoms with Gasteiger partial charge in [0.15, 0.2) is 0 Å². The average Bonchev–Trinajstić information content (AvgIpc) is 3.13. The molecule has 2 unspecified atom stereocenters. The molecule has 3 rings (SSSR count). The number of halogens is 2. The van der Waals surface area contributed by atoms with E-state index in [1.807, 2.05) is 0 Å². The highest BCUT2D eigenvalue weighted by Gasteiger charge is 2.39. The third-order valence-electron chi connectivity index (χ3n) is 4.66. The average molecular weight is 455 g/mol. The van der Waals surface area contributed by atoms with Crippen LogP contribution >= 0.6 is 15.9 Å². The Balaban J connectivity index is 1.76. The van der Waals surface area contributed by atoms with Gasteiger partial charge >= 0.3 is 0 Å². The van der Waals surface area contributed by atoms with Crippen molar-refractivity contribution in [3.8, 4) is 0 Å². The lowest BCUT2D eigenvalue weighted by atomic mass is 10.1. The molecule has 2 aromatic rings. The van der Waals surface area contributed by atoms with Crippen LogP contribution in [0.1, 0.15) is 31.4 Å². The normalized spacial score (nSPS) is 19.0. The highest BCUT2D eigenvalue weighted by Crippen LogP contribution is 2.27. The van der Waals surface area contributed by atoms with Gasteiger partial charge in [-0.25, -0.2) is 12.8 Å². The van der Waals surface area contributed by atoms with E-state index in [1.54, 1.807) is 31.2 Å². The van der Waals surface area contributed by atoms with Gasteiger partial charge in [0.1, 0.15) is 11.9 Å². The summed E-state index contributed by atoms with van der Waals surface area (Å²) in [5.41, 5.74) is 0.755. The third-order valence-corrected chi connectivity index (χ3v) is 7.11. The number of nitrogens with zero attached hydrogens (tertiary/aromatic N) is 1. The van der Waals surface area contributed by atoms with Gasteiger partial charge in [0.25, 0.3) is 0 Å². The highest BCUT2D eigenvalue weighted by molar-refractivity contribution is 9.10. The molecule has 0 aromatic heterocycles. The molecule has 1 heterocycles. The fraction of sp³-hybridized carbons (Fsp3) is 0.316. The second-order valence-corrected chi connectivity index (χ2v) is 9.32. The fourth-order valence-electron chi connectivity index (χ4n) is 3.18.